The van der Waals surface area contributed by atoms with Crippen molar-refractivity contribution >= 4 is 5.78 Å². The van der Waals surface area contributed by atoms with Crippen molar-refractivity contribution in [2.75, 3.05) is 20.2 Å². The first-order valence-electron chi connectivity index (χ1n) is 6.58. The highest BCUT2D eigenvalue weighted by atomic mass is 16.5. The Morgan fingerprint density at radius 3 is 2.72 bits per heavy atom. The number of hydrogen-bond donors (Lipinski definition) is 0. The average Bonchev–Trinajstić information content (AvgIpc) is 2.89. The maximum atomic E-state index is 11.5. The van der Waals surface area contributed by atoms with E-state index in [9.17, 15) is 4.79 Å². The molecule has 1 aromatic rings. The van der Waals surface area contributed by atoms with Crippen LogP contribution in [0.3, 0.4) is 0 Å². The third kappa shape index (κ3) is 3.10. The van der Waals surface area contributed by atoms with Crippen molar-refractivity contribution in [3.8, 4) is 5.75 Å². The van der Waals surface area contributed by atoms with E-state index in [2.05, 4.69) is 11.0 Å². The standard InChI is InChI=1S/C15H21NO2/c1-12(17)10-15(16-8-3-4-9-16)13-6-5-7-14(11-13)18-2/h5-7,11,15H,3-4,8-10H2,1-2H3. The predicted octanol–water partition coefficient (Wildman–Crippen LogP) is 2.81. The van der Waals surface area contributed by atoms with Crippen LogP contribution >= 0.6 is 0 Å². The number of Topliss-reactive ketones (excluding diaryl/α,β-unsaturated/α-hetero) is 1. The minimum atomic E-state index is 0.208. The molecule has 0 spiro atoms. The van der Waals surface area contributed by atoms with Crippen molar-refractivity contribution in [1.82, 2.24) is 4.90 Å². The molecule has 0 saturated carbocycles. The Morgan fingerprint density at radius 1 is 1.39 bits per heavy atom. The van der Waals surface area contributed by atoms with Gasteiger partial charge in [-0.15, -0.1) is 0 Å². The normalized spacial score (nSPS) is 17.7. The molecule has 0 bridgehead atoms. The van der Waals surface area contributed by atoms with E-state index in [1.165, 1.54) is 18.4 Å². The van der Waals surface area contributed by atoms with Crippen LogP contribution in [0.2, 0.25) is 0 Å². The van der Waals surface area contributed by atoms with Gasteiger partial charge in [-0.2, -0.15) is 0 Å². The molecule has 3 nitrogen and oxygen atoms in total. The van der Waals surface area contributed by atoms with Gasteiger partial charge in [0.25, 0.3) is 0 Å². The van der Waals surface area contributed by atoms with Crippen LogP contribution in [0, 0.1) is 0 Å². The minimum absolute atomic E-state index is 0.208. The Kier molecular flexibility index (Phi) is 4.37. The van der Waals surface area contributed by atoms with Crippen molar-refractivity contribution < 1.29 is 9.53 Å². The van der Waals surface area contributed by atoms with Gasteiger partial charge in [-0.25, -0.2) is 0 Å². The average molecular weight is 247 g/mol. The van der Waals surface area contributed by atoms with Gasteiger partial charge in [0.15, 0.2) is 0 Å². The van der Waals surface area contributed by atoms with Crippen molar-refractivity contribution in [2.45, 2.75) is 32.2 Å². The zero-order valence-electron chi connectivity index (χ0n) is 11.2. The van der Waals surface area contributed by atoms with E-state index in [1.54, 1.807) is 14.0 Å². The fourth-order valence-electron chi connectivity index (χ4n) is 2.63. The molecule has 18 heavy (non-hydrogen) atoms. The number of rotatable bonds is 5. The summed E-state index contributed by atoms with van der Waals surface area (Å²) in [4.78, 5) is 13.9. The molecular formula is C15H21NO2. The molecule has 1 heterocycles. The highest BCUT2D eigenvalue weighted by Gasteiger charge is 2.24. The van der Waals surface area contributed by atoms with Crippen LogP contribution in [-0.4, -0.2) is 30.9 Å². The smallest absolute Gasteiger partial charge is 0.131 e. The lowest BCUT2D eigenvalue weighted by Gasteiger charge is -2.27. The topological polar surface area (TPSA) is 29.5 Å². The van der Waals surface area contributed by atoms with E-state index in [0.717, 1.165) is 18.8 Å². The van der Waals surface area contributed by atoms with E-state index in [1.807, 2.05) is 18.2 Å². The highest BCUT2D eigenvalue weighted by Crippen LogP contribution is 2.30. The molecule has 2 rings (SSSR count). The van der Waals surface area contributed by atoms with Gasteiger partial charge in [0.2, 0.25) is 0 Å². The molecule has 0 radical (unpaired) electrons. The Labute approximate surface area is 109 Å². The number of carbonyl (C=O) groups is 1. The number of likely N-dealkylation sites (tertiary alicyclic amines) is 1. The summed E-state index contributed by atoms with van der Waals surface area (Å²) in [5, 5.41) is 0. The van der Waals surface area contributed by atoms with E-state index in [-0.39, 0.29) is 11.8 Å². The summed E-state index contributed by atoms with van der Waals surface area (Å²) < 4.78 is 5.27. The second-order valence-electron chi connectivity index (χ2n) is 4.94. The third-order valence-corrected chi connectivity index (χ3v) is 3.54. The van der Waals surface area contributed by atoms with Gasteiger partial charge in [-0.3, -0.25) is 9.69 Å². The first kappa shape index (κ1) is 13.1. The van der Waals surface area contributed by atoms with E-state index in [4.69, 9.17) is 4.74 Å². The minimum Gasteiger partial charge on any atom is -0.497 e. The van der Waals surface area contributed by atoms with E-state index < -0.39 is 0 Å². The van der Waals surface area contributed by atoms with Crippen molar-refractivity contribution in [2.24, 2.45) is 0 Å². The molecule has 0 N–H and O–H groups in total. The molecule has 0 amide bonds. The summed E-state index contributed by atoms with van der Waals surface area (Å²) in [7, 11) is 1.68. The zero-order valence-corrected chi connectivity index (χ0v) is 11.2. The van der Waals surface area contributed by atoms with Gasteiger partial charge in [-0.05, 0) is 50.6 Å². The van der Waals surface area contributed by atoms with Crippen LogP contribution in [-0.2, 0) is 4.79 Å². The van der Waals surface area contributed by atoms with Gasteiger partial charge >= 0.3 is 0 Å². The first-order chi connectivity index (χ1) is 8.70. The number of carbonyl (C=O) groups excluding carboxylic acids is 1. The second-order valence-corrected chi connectivity index (χ2v) is 4.94. The van der Waals surface area contributed by atoms with Crippen molar-refractivity contribution in [1.29, 1.82) is 0 Å². The van der Waals surface area contributed by atoms with Crippen LogP contribution in [0.25, 0.3) is 0 Å². The number of benzene rings is 1. The van der Waals surface area contributed by atoms with Crippen LogP contribution < -0.4 is 4.74 Å². The van der Waals surface area contributed by atoms with Crippen LogP contribution in [0.1, 0.15) is 37.8 Å². The number of methoxy groups -OCH3 is 1. The molecule has 0 aromatic heterocycles. The number of nitrogens with zero attached hydrogens (tertiary/aromatic N) is 1. The van der Waals surface area contributed by atoms with Gasteiger partial charge < -0.3 is 4.74 Å². The molecule has 1 atom stereocenters. The summed E-state index contributed by atoms with van der Waals surface area (Å²) in [6.45, 7) is 3.85. The quantitative estimate of drug-likeness (QED) is 0.801. The molecule has 1 aliphatic rings. The maximum absolute atomic E-state index is 11.5. The molecule has 3 heteroatoms. The SMILES string of the molecule is COc1cccc(C(CC(C)=O)N2CCCC2)c1. The van der Waals surface area contributed by atoms with Crippen LogP contribution in [0.5, 0.6) is 5.75 Å². The Balaban J connectivity index is 2.23. The Hall–Kier alpha value is -1.35. The summed E-state index contributed by atoms with van der Waals surface area (Å²) in [5.74, 6) is 1.11. The van der Waals surface area contributed by atoms with Crippen LogP contribution in [0.4, 0.5) is 0 Å². The highest BCUT2D eigenvalue weighted by molar-refractivity contribution is 5.76. The maximum Gasteiger partial charge on any atom is 0.131 e. The summed E-state index contributed by atoms with van der Waals surface area (Å²) in [6.07, 6.45) is 3.06. The molecule has 0 aliphatic carbocycles. The molecule has 1 aromatic carbocycles. The monoisotopic (exact) mass is 247 g/mol. The van der Waals surface area contributed by atoms with E-state index >= 15 is 0 Å². The summed E-state index contributed by atoms with van der Waals surface area (Å²) >= 11 is 0. The van der Waals surface area contributed by atoms with Gasteiger partial charge in [0.05, 0.1) is 7.11 Å². The summed E-state index contributed by atoms with van der Waals surface area (Å²) in [5.41, 5.74) is 1.19. The zero-order chi connectivity index (χ0) is 13.0. The lowest BCUT2D eigenvalue weighted by Crippen LogP contribution is -2.27. The van der Waals surface area contributed by atoms with Gasteiger partial charge in [0.1, 0.15) is 11.5 Å². The van der Waals surface area contributed by atoms with Crippen molar-refractivity contribution in [3.63, 3.8) is 0 Å². The number of ether oxygens (including phenoxy) is 1. The first-order valence-corrected chi connectivity index (χ1v) is 6.58. The largest absolute Gasteiger partial charge is 0.497 e. The van der Waals surface area contributed by atoms with Gasteiger partial charge in [0, 0.05) is 12.5 Å². The van der Waals surface area contributed by atoms with E-state index in [0.29, 0.717) is 6.42 Å². The molecule has 98 valence electrons. The van der Waals surface area contributed by atoms with Crippen molar-refractivity contribution in [3.05, 3.63) is 29.8 Å². The molecular weight excluding hydrogens is 226 g/mol. The predicted molar refractivity (Wildman–Crippen MR) is 71.8 cm³/mol. The molecule has 1 saturated heterocycles. The second kappa shape index (κ2) is 6.01. The third-order valence-electron chi connectivity index (χ3n) is 3.54. The number of ketones is 1. The Bertz CT molecular complexity index is 411. The van der Waals surface area contributed by atoms with Crippen LogP contribution in [0.15, 0.2) is 24.3 Å². The lowest BCUT2D eigenvalue weighted by atomic mass is 10.00. The lowest BCUT2D eigenvalue weighted by molar-refractivity contribution is -0.118. The fraction of sp³-hybridized carbons (Fsp3) is 0.533. The number of hydrogen-bond acceptors (Lipinski definition) is 3. The van der Waals surface area contributed by atoms with Gasteiger partial charge in [-0.1, -0.05) is 12.1 Å². The fourth-order valence-corrected chi connectivity index (χ4v) is 2.63. The molecule has 1 unspecified atom stereocenters. The summed E-state index contributed by atoms with van der Waals surface area (Å²) in [6, 6.07) is 8.29. The molecule has 1 aliphatic heterocycles. The molecule has 1 fully saturated rings. The Morgan fingerprint density at radius 2 is 2.11 bits per heavy atom.